The van der Waals surface area contributed by atoms with Crippen LogP contribution in [0, 0.1) is 11.6 Å². The third kappa shape index (κ3) is 2.31. The van der Waals surface area contributed by atoms with Crippen molar-refractivity contribution in [2.45, 2.75) is 6.54 Å². The number of rotatable bonds is 2. The van der Waals surface area contributed by atoms with Crippen molar-refractivity contribution < 1.29 is 8.78 Å². The molecular formula is C10H9F2N3. The summed E-state index contributed by atoms with van der Waals surface area (Å²) in [5, 5.41) is 3.92. The van der Waals surface area contributed by atoms with Gasteiger partial charge in [-0.1, -0.05) is 0 Å². The van der Waals surface area contributed by atoms with Crippen molar-refractivity contribution in [3.63, 3.8) is 0 Å². The maximum absolute atomic E-state index is 12.8. The molecule has 1 aromatic carbocycles. The molecule has 1 aromatic heterocycles. The smallest absolute Gasteiger partial charge is 0.126 e. The summed E-state index contributed by atoms with van der Waals surface area (Å²) in [6, 6.07) is 3.36. The first-order chi connectivity index (χ1) is 7.13. The lowest BCUT2D eigenvalue weighted by Gasteiger charge is -2.02. The van der Waals surface area contributed by atoms with Gasteiger partial charge in [-0.05, 0) is 17.7 Å². The highest BCUT2D eigenvalue weighted by Gasteiger charge is 2.02. The SMILES string of the molecule is Nc1cnn(Cc2cc(F)cc(F)c2)c1. The van der Waals surface area contributed by atoms with E-state index >= 15 is 0 Å². The molecule has 0 aliphatic carbocycles. The molecule has 2 aromatic rings. The number of benzene rings is 1. The molecule has 3 nitrogen and oxygen atoms in total. The predicted molar refractivity (Wildman–Crippen MR) is 52.1 cm³/mol. The Morgan fingerprint density at radius 2 is 1.87 bits per heavy atom. The topological polar surface area (TPSA) is 43.8 Å². The minimum Gasteiger partial charge on any atom is -0.396 e. The van der Waals surface area contributed by atoms with Crippen LogP contribution in [0.5, 0.6) is 0 Å². The lowest BCUT2D eigenvalue weighted by molar-refractivity contribution is 0.574. The average molecular weight is 209 g/mol. The number of anilines is 1. The van der Waals surface area contributed by atoms with E-state index in [2.05, 4.69) is 5.10 Å². The summed E-state index contributed by atoms with van der Waals surface area (Å²) in [6.45, 7) is 0.297. The van der Waals surface area contributed by atoms with Gasteiger partial charge in [-0.15, -0.1) is 0 Å². The molecule has 0 saturated carbocycles. The molecule has 0 amide bonds. The lowest BCUT2D eigenvalue weighted by atomic mass is 10.2. The molecule has 1 heterocycles. The van der Waals surface area contributed by atoms with E-state index in [4.69, 9.17) is 5.73 Å². The van der Waals surface area contributed by atoms with Crippen molar-refractivity contribution in [1.29, 1.82) is 0 Å². The van der Waals surface area contributed by atoms with Crippen LogP contribution in [0.3, 0.4) is 0 Å². The highest BCUT2D eigenvalue weighted by atomic mass is 19.1. The molecule has 0 spiro atoms. The molecule has 78 valence electrons. The molecule has 0 radical (unpaired) electrons. The largest absolute Gasteiger partial charge is 0.396 e. The van der Waals surface area contributed by atoms with Gasteiger partial charge in [-0.25, -0.2) is 8.78 Å². The highest BCUT2D eigenvalue weighted by molar-refractivity contribution is 5.31. The summed E-state index contributed by atoms with van der Waals surface area (Å²) in [7, 11) is 0. The van der Waals surface area contributed by atoms with E-state index in [0.29, 0.717) is 17.8 Å². The second-order valence-corrected chi connectivity index (χ2v) is 3.25. The Kier molecular flexibility index (Phi) is 2.37. The van der Waals surface area contributed by atoms with Crippen molar-refractivity contribution in [2.24, 2.45) is 0 Å². The third-order valence-corrected chi connectivity index (χ3v) is 1.92. The molecule has 15 heavy (non-hydrogen) atoms. The predicted octanol–water partition coefficient (Wildman–Crippen LogP) is 1.79. The monoisotopic (exact) mass is 209 g/mol. The van der Waals surface area contributed by atoms with Crippen LogP contribution in [0.4, 0.5) is 14.5 Å². The first-order valence-electron chi connectivity index (χ1n) is 4.36. The van der Waals surface area contributed by atoms with Gasteiger partial charge in [0, 0.05) is 12.3 Å². The van der Waals surface area contributed by atoms with Crippen molar-refractivity contribution in [3.05, 3.63) is 47.8 Å². The van der Waals surface area contributed by atoms with Gasteiger partial charge in [0.2, 0.25) is 0 Å². The average Bonchev–Trinajstić information content (AvgIpc) is 2.49. The number of aromatic nitrogens is 2. The highest BCUT2D eigenvalue weighted by Crippen LogP contribution is 2.10. The Labute approximate surface area is 85.1 Å². The molecule has 0 unspecified atom stereocenters. The summed E-state index contributed by atoms with van der Waals surface area (Å²) in [5.74, 6) is -1.18. The van der Waals surface area contributed by atoms with Crippen LogP contribution in [-0.2, 0) is 6.54 Å². The van der Waals surface area contributed by atoms with Gasteiger partial charge in [0.05, 0.1) is 18.4 Å². The fourth-order valence-electron chi connectivity index (χ4n) is 1.36. The van der Waals surface area contributed by atoms with E-state index in [0.717, 1.165) is 6.07 Å². The molecule has 0 bridgehead atoms. The number of nitrogens with zero attached hydrogens (tertiary/aromatic N) is 2. The Morgan fingerprint density at radius 1 is 1.20 bits per heavy atom. The first-order valence-corrected chi connectivity index (χ1v) is 4.36. The number of nitrogen functional groups attached to an aromatic ring is 1. The molecular weight excluding hydrogens is 200 g/mol. The maximum Gasteiger partial charge on any atom is 0.126 e. The van der Waals surface area contributed by atoms with Gasteiger partial charge in [0.15, 0.2) is 0 Å². The molecule has 0 aliphatic heterocycles. The molecule has 0 fully saturated rings. The number of halogens is 2. The molecule has 0 saturated heterocycles. The van der Waals surface area contributed by atoms with Gasteiger partial charge >= 0.3 is 0 Å². The van der Waals surface area contributed by atoms with Crippen molar-refractivity contribution in [1.82, 2.24) is 9.78 Å². The molecule has 2 rings (SSSR count). The van der Waals surface area contributed by atoms with Crippen LogP contribution in [-0.4, -0.2) is 9.78 Å². The normalized spacial score (nSPS) is 10.5. The third-order valence-electron chi connectivity index (χ3n) is 1.92. The Morgan fingerprint density at radius 3 is 2.40 bits per heavy atom. The van der Waals surface area contributed by atoms with Crippen molar-refractivity contribution in [2.75, 3.05) is 5.73 Å². The zero-order chi connectivity index (χ0) is 10.8. The maximum atomic E-state index is 12.8. The van der Waals surface area contributed by atoms with Gasteiger partial charge < -0.3 is 5.73 Å². The van der Waals surface area contributed by atoms with Crippen LogP contribution in [0.2, 0.25) is 0 Å². The molecule has 0 aliphatic rings. The summed E-state index contributed by atoms with van der Waals surface area (Å²) in [5.41, 5.74) is 6.49. The zero-order valence-electron chi connectivity index (χ0n) is 7.82. The number of hydrogen-bond donors (Lipinski definition) is 1. The second-order valence-electron chi connectivity index (χ2n) is 3.25. The zero-order valence-corrected chi connectivity index (χ0v) is 7.82. The number of nitrogens with two attached hydrogens (primary N) is 1. The minimum absolute atomic E-state index is 0.297. The van der Waals surface area contributed by atoms with E-state index < -0.39 is 11.6 Å². The molecule has 0 atom stereocenters. The first kappa shape index (κ1) is 9.64. The van der Waals surface area contributed by atoms with Gasteiger partial charge in [-0.3, -0.25) is 4.68 Å². The van der Waals surface area contributed by atoms with Crippen molar-refractivity contribution in [3.8, 4) is 0 Å². The van der Waals surface area contributed by atoms with Crippen LogP contribution >= 0.6 is 0 Å². The van der Waals surface area contributed by atoms with Gasteiger partial charge in [0.1, 0.15) is 11.6 Å². The Bertz CT molecular complexity index is 459. The summed E-state index contributed by atoms with van der Waals surface area (Å²) < 4.78 is 27.2. The van der Waals surface area contributed by atoms with E-state index in [1.165, 1.54) is 23.0 Å². The van der Waals surface area contributed by atoms with E-state index in [-0.39, 0.29) is 0 Å². The van der Waals surface area contributed by atoms with E-state index in [1.807, 2.05) is 0 Å². The van der Waals surface area contributed by atoms with E-state index in [1.54, 1.807) is 6.20 Å². The minimum atomic E-state index is -0.592. The molecule has 5 heteroatoms. The Balaban J connectivity index is 2.24. The van der Waals surface area contributed by atoms with Crippen molar-refractivity contribution >= 4 is 5.69 Å². The summed E-state index contributed by atoms with van der Waals surface area (Å²) in [6.07, 6.45) is 3.08. The quantitative estimate of drug-likeness (QED) is 0.819. The van der Waals surface area contributed by atoms with Crippen LogP contribution in [0.25, 0.3) is 0 Å². The van der Waals surface area contributed by atoms with Gasteiger partial charge in [-0.2, -0.15) is 5.10 Å². The Hall–Kier alpha value is -1.91. The summed E-state index contributed by atoms with van der Waals surface area (Å²) in [4.78, 5) is 0. The van der Waals surface area contributed by atoms with Crippen LogP contribution in [0.1, 0.15) is 5.56 Å². The lowest BCUT2D eigenvalue weighted by Crippen LogP contribution is -2.01. The molecule has 2 N–H and O–H groups in total. The van der Waals surface area contributed by atoms with E-state index in [9.17, 15) is 8.78 Å². The number of hydrogen-bond acceptors (Lipinski definition) is 2. The van der Waals surface area contributed by atoms with Gasteiger partial charge in [0.25, 0.3) is 0 Å². The standard InChI is InChI=1S/C10H9F2N3/c11-8-1-7(2-9(12)3-8)5-15-6-10(13)4-14-15/h1-4,6H,5,13H2. The fourth-order valence-corrected chi connectivity index (χ4v) is 1.36. The summed E-state index contributed by atoms with van der Waals surface area (Å²) >= 11 is 0. The second kappa shape index (κ2) is 3.68. The van der Waals surface area contributed by atoms with Crippen LogP contribution in [0.15, 0.2) is 30.6 Å². The fraction of sp³-hybridized carbons (Fsp3) is 0.100. The van der Waals surface area contributed by atoms with Crippen LogP contribution < -0.4 is 5.73 Å².